The highest BCUT2D eigenvalue weighted by Crippen LogP contribution is 2.49. The summed E-state index contributed by atoms with van der Waals surface area (Å²) in [7, 11) is 3.14. The average molecular weight is 421 g/mol. The van der Waals surface area contributed by atoms with Gasteiger partial charge in [0, 0.05) is 29.9 Å². The van der Waals surface area contributed by atoms with Crippen molar-refractivity contribution in [3.05, 3.63) is 54.2 Å². The highest BCUT2D eigenvalue weighted by molar-refractivity contribution is 6.01. The normalized spacial score (nSPS) is 13.9. The maximum Gasteiger partial charge on any atom is 0.236 e. The summed E-state index contributed by atoms with van der Waals surface area (Å²) in [6.45, 7) is 1.44. The second-order valence-electron chi connectivity index (χ2n) is 7.44. The molecule has 1 saturated carbocycles. The molecule has 0 aliphatic heterocycles. The van der Waals surface area contributed by atoms with Crippen molar-refractivity contribution >= 4 is 23.2 Å². The summed E-state index contributed by atoms with van der Waals surface area (Å²) in [4.78, 5) is 24.3. The first kappa shape index (κ1) is 20.5. The number of ether oxygens (including phenoxy) is 2. The number of anilines is 2. The van der Waals surface area contributed by atoms with Crippen LogP contribution in [0, 0.1) is 0 Å². The Labute approximate surface area is 179 Å². The number of hydrogen-bond donors (Lipinski definition) is 2. The molecule has 1 aliphatic rings. The van der Waals surface area contributed by atoms with Crippen LogP contribution in [0.5, 0.6) is 11.5 Å². The fraction of sp³-hybridized carbons (Fsp3) is 0.261. The summed E-state index contributed by atoms with van der Waals surface area (Å²) in [5, 5.41) is 9.82. The van der Waals surface area contributed by atoms with E-state index in [9.17, 15) is 9.59 Å². The zero-order chi connectivity index (χ0) is 22.0. The van der Waals surface area contributed by atoms with Gasteiger partial charge in [0.25, 0.3) is 0 Å². The third kappa shape index (κ3) is 4.09. The van der Waals surface area contributed by atoms with E-state index in [1.54, 1.807) is 56.7 Å². The van der Waals surface area contributed by atoms with E-state index in [1.807, 2.05) is 6.07 Å². The lowest BCUT2D eigenvalue weighted by molar-refractivity contribution is -0.118. The molecule has 0 saturated heterocycles. The van der Waals surface area contributed by atoms with Crippen molar-refractivity contribution in [2.24, 2.45) is 0 Å². The molecule has 0 bridgehead atoms. The van der Waals surface area contributed by atoms with E-state index >= 15 is 0 Å². The number of aromatic nitrogens is 1. The number of hydrogen-bond acceptors (Lipinski definition) is 6. The Bertz CT molecular complexity index is 1130. The smallest absolute Gasteiger partial charge is 0.236 e. The number of nitrogens with zero attached hydrogens (tertiary/aromatic N) is 1. The van der Waals surface area contributed by atoms with Crippen LogP contribution in [0.2, 0.25) is 0 Å². The third-order valence-corrected chi connectivity index (χ3v) is 5.29. The van der Waals surface area contributed by atoms with E-state index in [-0.39, 0.29) is 11.8 Å². The molecule has 0 spiro atoms. The first-order valence-corrected chi connectivity index (χ1v) is 9.84. The van der Waals surface area contributed by atoms with Crippen LogP contribution in [-0.4, -0.2) is 31.2 Å². The van der Waals surface area contributed by atoms with Gasteiger partial charge in [0.05, 0.1) is 25.3 Å². The zero-order valence-corrected chi connectivity index (χ0v) is 17.5. The van der Waals surface area contributed by atoms with Crippen LogP contribution in [0.4, 0.5) is 11.4 Å². The molecule has 1 aromatic heterocycles. The molecule has 1 heterocycles. The molecule has 0 radical (unpaired) electrons. The van der Waals surface area contributed by atoms with Gasteiger partial charge in [0.1, 0.15) is 0 Å². The maximum absolute atomic E-state index is 13.0. The van der Waals surface area contributed by atoms with Crippen LogP contribution < -0.4 is 20.1 Å². The molecule has 31 heavy (non-hydrogen) atoms. The second kappa shape index (κ2) is 8.14. The number of benzene rings is 2. The Hall–Kier alpha value is -3.81. The highest BCUT2D eigenvalue weighted by atomic mass is 16.5. The van der Waals surface area contributed by atoms with Gasteiger partial charge in [0.2, 0.25) is 11.8 Å². The Kier molecular flexibility index (Phi) is 5.37. The van der Waals surface area contributed by atoms with E-state index in [4.69, 9.17) is 14.0 Å². The van der Waals surface area contributed by atoms with Gasteiger partial charge >= 0.3 is 0 Å². The van der Waals surface area contributed by atoms with Crippen LogP contribution in [0.1, 0.15) is 25.5 Å². The molecular weight excluding hydrogens is 398 g/mol. The van der Waals surface area contributed by atoms with Crippen LogP contribution in [0.15, 0.2) is 53.1 Å². The van der Waals surface area contributed by atoms with E-state index in [0.29, 0.717) is 47.2 Å². The standard InChI is InChI=1S/C23H23N3O5/c1-14(27)24-16-5-4-6-17(12-16)25-22(28)23(9-10-23)21-13-19(31-26-21)15-7-8-18(29-2)20(11-15)30-3/h4-8,11-13H,9-10H2,1-3H3,(H,24,27)(H,25,28). The Morgan fingerprint density at radius 1 is 0.968 bits per heavy atom. The number of carbonyl (C=O) groups excluding carboxylic acids is 2. The van der Waals surface area contributed by atoms with Crippen LogP contribution in [0.3, 0.4) is 0 Å². The van der Waals surface area contributed by atoms with Crippen molar-refractivity contribution in [3.8, 4) is 22.8 Å². The first-order chi connectivity index (χ1) is 14.9. The average Bonchev–Trinajstić information content (AvgIpc) is 3.43. The van der Waals surface area contributed by atoms with Gasteiger partial charge in [-0.3, -0.25) is 9.59 Å². The molecule has 3 aromatic rings. The van der Waals surface area contributed by atoms with Crippen molar-refractivity contribution in [3.63, 3.8) is 0 Å². The molecule has 0 unspecified atom stereocenters. The maximum atomic E-state index is 13.0. The Morgan fingerprint density at radius 3 is 2.32 bits per heavy atom. The predicted molar refractivity (Wildman–Crippen MR) is 115 cm³/mol. The van der Waals surface area contributed by atoms with E-state index in [0.717, 1.165) is 5.56 Å². The SMILES string of the molecule is COc1ccc(-c2cc(C3(C(=O)Nc4cccc(NC(C)=O)c4)CC3)no2)cc1OC. The van der Waals surface area contributed by atoms with Gasteiger partial charge in [-0.2, -0.15) is 0 Å². The van der Waals surface area contributed by atoms with Gasteiger partial charge in [0.15, 0.2) is 17.3 Å². The molecule has 0 atom stereocenters. The minimum atomic E-state index is -0.720. The lowest BCUT2D eigenvalue weighted by Gasteiger charge is -2.13. The number of methoxy groups -OCH3 is 2. The first-order valence-electron chi connectivity index (χ1n) is 9.84. The summed E-state index contributed by atoms with van der Waals surface area (Å²) < 4.78 is 16.2. The van der Waals surface area contributed by atoms with Crippen LogP contribution >= 0.6 is 0 Å². The van der Waals surface area contributed by atoms with Gasteiger partial charge in [-0.15, -0.1) is 0 Å². The van der Waals surface area contributed by atoms with E-state index < -0.39 is 5.41 Å². The summed E-state index contributed by atoms with van der Waals surface area (Å²) >= 11 is 0. The van der Waals surface area contributed by atoms with Gasteiger partial charge in [-0.05, 0) is 49.2 Å². The third-order valence-electron chi connectivity index (χ3n) is 5.29. The van der Waals surface area contributed by atoms with Crippen molar-refractivity contribution in [2.75, 3.05) is 24.9 Å². The fourth-order valence-electron chi connectivity index (χ4n) is 3.48. The minimum Gasteiger partial charge on any atom is -0.493 e. The molecule has 8 heteroatoms. The molecule has 4 rings (SSSR count). The lowest BCUT2D eigenvalue weighted by Crippen LogP contribution is -2.28. The van der Waals surface area contributed by atoms with Gasteiger partial charge < -0.3 is 24.6 Å². The fourth-order valence-corrected chi connectivity index (χ4v) is 3.48. The van der Waals surface area contributed by atoms with Crippen molar-refractivity contribution < 1.29 is 23.6 Å². The van der Waals surface area contributed by atoms with Crippen molar-refractivity contribution in [1.29, 1.82) is 0 Å². The number of carbonyl (C=O) groups is 2. The van der Waals surface area contributed by atoms with E-state index in [1.165, 1.54) is 6.92 Å². The quantitative estimate of drug-likeness (QED) is 0.598. The highest BCUT2D eigenvalue weighted by Gasteiger charge is 2.53. The Balaban J connectivity index is 1.53. The molecule has 2 N–H and O–H groups in total. The number of nitrogens with one attached hydrogen (secondary N) is 2. The van der Waals surface area contributed by atoms with Crippen molar-refractivity contribution in [2.45, 2.75) is 25.2 Å². The topological polar surface area (TPSA) is 103 Å². The molecular formula is C23H23N3O5. The number of rotatable bonds is 7. The molecule has 8 nitrogen and oxygen atoms in total. The van der Waals surface area contributed by atoms with Crippen LogP contribution in [0.25, 0.3) is 11.3 Å². The second-order valence-corrected chi connectivity index (χ2v) is 7.44. The van der Waals surface area contributed by atoms with E-state index in [2.05, 4.69) is 15.8 Å². The molecule has 160 valence electrons. The summed E-state index contributed by atoms with van der Waals surface area (Å²) in [6, 6.07) is 14.3. The van der Waals surface area contributed by atoms with Crippen molar-refractivity contribution in [1.82, 2.24) is 5.16 Å². The largest absolute Gasteiger partial charge is 0.493 e. The predicted octanol–water partition coefficient (Wildman–Crippen LogP) is 3.99. The summed E-state index contributed by atoms with van der Waals surface area (Å²) in [6.07, 6.45) is 1.37. The van der Waals surface area contributed by atoms with Crippen LogP contribution in [-0.2, 0) is 15.0 Å². The number of amides is 2. The zero-order valence-electron chi connectivity index (χ0n) is 17.5. The molecule has 2 amide bonds. The Morgan fingerprint density at radius 2 is 1.68 bits per heavy atom. The molecule has 1 fully saturated rings. The molecule has 1 aliphatic carbocycles. The van der Waals surface area contributed by atoms with Gasteiger partial charge in [-0.1, -0.05) is 11.2 Å². The molecule has 2 aromatic carbocycles. The van der Waals surface area contributed by atoms with Gasteiger partial charge in [-0.25, -0.2) is 0 Å². The summed E-state index contributed by atoms with van der Waals surface area (Å²) in [5.41, 5.74) is 1.87. The minimum absolute atomic E-state index is 0.153. The summed E-state index contributed by atoms with van der Waals surface area (Å²) in [5.74, 6) is 1.41. The monoisotopic (exact) mass is 421 g/mol. The lowest BCUT2D eigenvalue weighted by atomic mass is 10.00.